The van der Waals surface area contributed by atoms with E-state index >= 15 is 0 Å². The number of anilines is 1. The number of nitrogens with zero attached hydrogens (tertiary/aromatic N) is 3. The van der Waals surface area contributed by atoms with Crippen molar-refractivity contribution in [3.8, 4) is 0 Å². The van der Waals surface area contributed by atoms with Crippen LogP contribution >= 0.6 is 11.3 Å². The van der Waals surface area contributed by atoms with Crippen molar-refractivity contribution in [3.63, 3.8) is 0 Å². The molecule has 0 spiro atoms. The van der Waals surface area contributed by atoms with Crippen LogP contribution in [0.1, 0.15) is 37.6 Å². The quantitative estimate of drug-likeness (QED) is 0.852. The Labute approximate surface area is 129 Å². The highest BCUT2D eigenvalue weighted by molar-refractivity contribution is 7.10. The molecule has 0 N–H and O–H groups in total. The molecule has 3 rings (SSSR count). The molecule has 0 amide bonds. The van der Waals surface area contributed by atoms with E-state index in [1.165, 1.54) is 4.88 Å². The third-order valence-electron chi connectivity index (χ3n) is 3.56. The normalized spacial score (nSPS) is 19.8. The largest absolute Gasteiger partial charge is 0.369 e. The molecule has 1 unspecified atom stereocenters. The van der Waals surface area contributed by atoms with E-state index in [0.717, 1.165) is 31.3 Å². The highest BCUT2D eigenvalue weighted by Gasteiger charge is 2.25. The molecule has 5 heteroatoms. The Morgan fingerprint density at radius 1 is 1.33 bits per heavy atom. The van der Waals surface area contributed by atoms with Gasteiger partial charge in [-0.3, -0.25) is 0 Å². The van der Waals surface area contributed by atoms with E-state index in [0.29, 0.717) is 0 Å². The van der Waals surface area contributed by atoms with Crippen LogP contribution in [-0.2, 0) is 10.2 Å². The van der Waals surface area contributed by atoms with E-state index in [4.69, 9.17) is 9.72 Å². The summed E-state index contributed by atoms with van der Waals surface area (Å²) in [6.45, 7) is 8.88. The van der Waals surface area contributed by atoms with Crippen LogP contribution in [0.15, 0.2) is 29.8 Å². The van der Waals surface area contributed by atoms with Crippen molar-refractivity contribution in [2.45, 2.75) is 32.3 Å². The number of hydrogen-bond acceptors (Lipinski definition) is 5. The van der Waals surface area contributed by atoms with E-state index in [-0.39, 0.29) is 11.5 Å². The number of ether oxygens (including phenoxy) is 1. The van der Waals surface area contributed by atoms with Gasteiger partial charge in [0.1, 0.15) is 17.7 Å². The summed E-state index contributed by atoms with van der Waals surface area (Å²) in [5, 5.41) is 2.10. The minimum Gasteiger partial charge on any atom is -0.369 e. The Hall–Kier alpha value is -1.46. The molecule has 0 bridgehead atoms. The molecule has 1 fully saturated rings. The van der Waals surface area contributed by atoms with Crippen molar-refractivity contribution >= 4 is 17.2 Å². The van der Waals surface area contributed by atoms with Crippen LogP contribution in [0.3, 0.4) is 0 Å². The van der Waals surface area contributed by atoms with E-state index in [1.807, 2.05) is 12.3 Å². The number of thiophene rings is 1. The molecule has 4 nitrogen and oxygen atoms in total. The highest BCUT2D eigenvalue weighted by Crippen LogP contribution is 2.28. The summed E-state index contributed by atoms with van der Waals surface area (Å²) in [5.41, 5.74) is -0.0323. The van der Waals surface area contributed by atoms with Crippen molar-refractivity contribution in [2.24, 2.45) is 0 Å². The van der Waals surface area contributed by atoms with Crippen molar-refractivity contribution in [3.05, 3.63) is 40.5 Å². The summed E-state index contributed by atoms with van der Waals surface area (Å²) < 4.78 is 5.90. The van der Waals surface area contributed by atoms with Gasteiger partial charge < -0.3 is 9.64 Å². The molecular weight excluding hydrogens is 282 g/mol. The first-order chi connectivity index (χ1) is 10.0. The van der Waals surface area contributed by atoms with Crippen LogP contribution in [0.2, 0.25) is 0 Å². The Kier molecular flexibility index (Phi) is 3.95. The summed E-state index contributed by atoms with van der Waals surface area (Å²) >= 11 is 1.75. The molecular formula is C16H21N3OS. The summed E-state index contributed by atoms with van der Waals surface area (Å²) in [6, 6.07) is 6.20. The standard InChI is InChI=1S/C16H21N3OS/c1-16(2,3)15-17-7-6-14(18-15)19-8-9-20-12(11-19)13-5-4-10-21-13/h4-7,10,12H,8-9,11H2,1-3H3. The summed E-state index contributed by atoms with van der Waals surface area (Å²) in [7, 11) is 0. The van der Waals surface area contributed by atoms with Gasteiger partial charge in [-0.15, -0.1) is 11.3 Å². The molecule has 3 heterocycles. The van der Waals surface area contributed by atoms with E-state index in [1.54, 1.807) is 11.3 Å². The molecule has 2 aromatic rings. The molecule has 2 aromatic heterocycles. The lowest BCUT2D eigenvalue weighted by atomic mass is 9.96. The van der Waals surface area contributed by atoms with Crippen molar-refractivity contribution < 1.29 is 4.74 Å². The highest BCUT2D eigenvalue weighted by atomic mass is 32.1. The van der Waals surface area contributed by atoms with E-state index < -0.39 is 0 Å². The molecule has 1 atom stereocenters. The molecule has 1 aliphatic rings. The van der Waals surface area contributed by atoms with Crippen LogP contribution in [0.4, 0.5) is 5.82 Å². The van der Waals surface area contributed by atoms with Crippen LogP contribution in [-0.4, -0.2) is 29.7 Å². The molecule has 0 aromatic carbocycles. The van der Waals surface area contributed by atoms with Gasteiger partial charge in [0.15, 0.2) is 0 Å². The first kappa shape index (κ1) is 14.5. The van der Waals surface area contributed by atoms with Crippen LogP contribution in [0.5, 0.6) is 0 Å². The van der Waals surface area contributed by atoms with Gasteiger partial charge in [0.2, 0.25) is 0 Å². The van der Waals surface area contributed by atoms with Gasteiger partial charge in [-0.25, -0.2) is 9.97 Å². The fraction of sp³-hybridized carbons (Fsp3) is 0.500. The number of morpholine rings is 1. The predicted octanol–water partition coefficient (Wildman–Crippen LogP) is 3.41. The Morgan fingerprint density at radius 2 is 2.19 bits per heavy atom. The lowest BCUT2D eigenvalue weighted by Crippen LogP contribution is -2.39. The lowest BCUT2D eigenvalue weighted by Gasteiger charge is -2.33. The third kappa shape index (κ3) is 3.24. The smallest absolute Gasteiger partial charge is 0.135 e. The van der Waals surface area contributed by atoms with Crippen molar-refractivity contribution in [2.75, 3.05) is 24.6 Å². The van der Waals surface area contributed by atoms with Gasteiger partial charge in [-0.05, 0) is 17.5 Å². The maximum absolute atomic E-state index is 5.90. The Morgan fingerprint density at radius 3 is 2.90 bits per heavy atom. The summed E-state index contributed by atoms with van der Waals surface area (Å²) in [4.78, 5) is 12.7. The van der Waals surface area contributed by atoms with Gasteiger partial charge in [-0.1, -0.05) is 26.8 Å². The molecule has 0 saturated carbocycles. The first-order valence-electron chi connectivity index (χ1n) is 7.27. The molecule has 1 saturated heterocycles. The third-order valence-corrected chi connectivity index (χ3v) is 4.53. The molecule has 112 valence electrons. The zero-order valence-corrected chi connectivity index (χ0v) is 13.6. The number of aromatic nitrogens is 2. The second-order valence-corrected chi connectivity index (χ2v) is 7.29. The topological polar surface area (TPSA) is 38.2 Å². The molecule has 21 heavy (non-hydrogen) atoms. The van der Waals surface area contributed by atoms with Crippen LogP contribution in [0.25, 0.3) is 0 Å². The lowest BCUT2D eigenvalue weighted by molar-refractivity contribution is 0.0418. The maximum Gasteiger partial charge on any atom is 0.135 e. The van der Waals surface area contributed by atoms with Crippen LogP contribution < -0.4 is 4.90 Å². The zero-order valence-electron chi connectivity index (χ0n) is 12.7. The van der Waals surface area contributed by atoms with E-state index in [2.05, 4.69) is 48.2 Å². The second-order valence-electron chi connectivity index (χ2n) is 6.31. The van der Waals surface area contributed by atoms with E-state index in [9.17, 15) is 0 Å². The molecule has 1 aliphatic heterocycles. The SMILES string of the molecule is CC(C)(C)c1nccc(N2CCOC(c3cccs3)C2)n1. The number of rotatable bonds is 2. The van der Waals surface area contributed by atoms with Crippen molar-refractivity contribution in [1.29, 1.82) is 0 Å². The minimum atomic E-state index is -0.0323. The van der Waals surface area contributed by atoms with Crippen LogP contribution in [0, 0.1) is 0 Å². The van der Waals surface area contributed by atoms with Gasteiger partial charge in [0.25, 0.3) is 0 Å². The predicted molar refractivity (Wildman–Crippen MR) is 86.0 cm³/mol. The van der Waals surface area contributed by atoms with Gasteiger partial charge in [-0.2, -0.15) is 0 Å². The summed E-state index contributed by atoms with van der Waals surface area (Å²) in [6.07, 6.45) is 2.00. The fourth-order valence-corrected chi connectivity index (χ4v) is 3.16. The zero-order chi connectivity index (χ0) is 14.9. The molecule has 0 radical (unpaired) electrons. The fourth-order valence-electron chi connectivity index (χ4n) is 2.39. The Balaban J connectivity index is 1.80. The minimum absolute atomic E-state index is 0.0323. The Bertz CT molecular complexity index is 592. The van der Waals surface area contributed by atoms with Gasteiger partial charge in [0.05, 0.1) is 13.2 Å². The average Bonchev–Trinajstić information content (AvgIpc) is 3.01. The summed E-state index contributed by atoms with van der Waals surface area (Å²) in [5.74, 6) is 1.89. The average molecular weight is 303 g/mol. The molecule has 0 aliphatic carbocycles. The second kappa shape index (κ2) is 5.73. The van der Waals surface area contributed by atoms with Crippen molar-refractivity contribution in [1.82, 2.24) is 9.97 Å². The monoisotopic (exact) mass is 303 g/mol. The van der Waals surface area contributed by atoms with Gasteiger partial charge in [0, 0.05) is 23.0 Å². The van der Waals surface area contributed by atoms with Gasteiger partial charge >= 0.3 is 0 Å². The number of hydrogen-bond donors (Lipinski definition) is 0. The maximum atomic E-state index is 5.90. The first-order valence-corrected chi connectivity index (χ1v) is 8.15.